The van der Waals surface area contributed by atoms with Crippen LogP contribution in [0.2, 0.25) is 0 Å². The molecule has 1 N–H and O–H groups in total. The van der Waals surface area contributed by atoms with Gasteiger partial charge in [0.25, 0.3) is 5.91 Å². The maximum atomic E-state index is 12.5. The Labute approximate surface area is 121 Å². The molecule has 0 aliphatic heterocycles. The molecule has 2 aromatic heterocycles. The molecule has 21 heavy (non-hydrogen) atoms. The largest absolute Gasteiger partial charge is 0.467 e. The van der Waals surface area contributed by atoms with Crippen molar-refractivity contribution in [1.82, 2.24) is 20.1 Å². The van der Waals surface area contributed by atoms with Crippen molar-refractivity contribution in [2.24, 2.45) is 0 Å². The molecule has 2 aromatic rings. The van der Waals surface area contributed by atoms with E-state index in [1.807, 2.05) is 6.07 Å². The third-order valence-electron chi connectivity index (χ3n) is 3.37. The predicted molar refractivity (Wildman–Crippen MR) is 72.0 cm³/mol. The lowest BCUT2D eigenvalue weighted by Crippen LogP contribution is -2.32. The lowest BCUT2D eigenvalue weighted by atomic mass is 10.3. The van der Waals surface area contributed by atoms with Crippen LogP contribution in [0.1, 0.15) is 47.4 Å². The molecule has 0 spiro atoms. The van der Waals surface area contributed by atoms with E-state index in [0.29, 0.717) is 24.8 Å². The average molecular weight is 285 g/mol. The van der Waals surface area contributed by atoms with Crippen LogP contribution in [-0.4, -0.2) is 32.5 Å². The normalized spacial score (nSPS) is 13.9. The van der Waals surface area contributed by atoms with Crippen molar-refractivity contribution in [2.45, 2.75) is 31.7 Å². The Hall–Kier alpha value is -2.62. The number of nitriles is 1. The zero-order valence-corrected chi connectivity index (χ0v) is 11.5. The number of H-pyrrole nitrogens is 1. The van der Waals surface area contributed by atoms with Crippen molar-refractivity contribution >= 4 is 5.91 Å². The second-order valence-electron chi connectivity index (χ2n) is 5.03. The lowest BCUT2D eigenvalue weighted by Gasteiger charge is -2.18. The van der Waals surface area contributed by atoms with E-state index < -0.39 is 0 Å². The first-order valence-electron chi connectivity index (χ1n) is 6.89. The van der Waals surface area contributed by atoms with Gasteiger partial charge in [0.05, 0.1) is 25.3 Å². The van der Waals surface area contributed by atoms with Gasteiger partial charge in [0.15, 0.2) is 0 Å². The summed E-state index contributed by atoms with van der Waals surface area (Å²) < 4.78 is 5.26. The Balaban J connectivity index is 1.73. The number of nitrogens with zero attached hydrogens (tertiary/aromatic N) is 4. The van der Waals surface area contributed by atoms with Gasteiger partial charge in [-0.15, -0.1) is 5.10 Å². The minimum atomic E-state index is -0.287. The van der Waals surface area contributed by atoms with E-state index in [1.54, 1.807) is 18.4 Å². The van der Waals surface area contributed by atoms with Crippen molar-refractivity contribution in [2.75, 3.05) is 6.54 Å². The Bertz CT molecular complexity index is 651. The maximum Gasteiger partial charge on any atom is 0.293 e. The van der Waals surface area contributed by atoms with E-state index in [0.717, 1.165) is 18.7 Å². The smallest absolute Gasteiger partial charge is 0.293 e. The first-order valence-corrected chi connectivity index (χ1v) is 6.89. The zero-order valence-electron chi connectivity index (χ0n) is 11.5. The average Bonchev–Trinajstić information content (AvgIpc) is 3.03. The van der Waals surface area contributed by atoms with Gasteiger partial charge in [-0.05, 0) is 25.0 Å². The first-order chi connectivity index (χ1) is 10.3. The van der Waals surface area contributed by atoms with Gasteiger partial charge in [0.2, 0.25) is 5.82 Å². The number of furan rings is 1. The number of amides is 1. The second kappa shape index (κ2) is 5.79. The number of rotatable bonds is 6. The van der Waals surface area contributed by atoms with Gasteiger partial charge in [-0.25, -0.2) is 4.98 Å². The van der Waals surface area contributed by atoms with Crippen molar-refractivity contribution < 1.29 is 9.21 Å². The first kappa shape index (κ1) is 13.4. The van der Waals surface area contributed by atoms with Gasteiger partial charge in [-0.1, -0.05) is 0 Å². The number of carbonyl (C=O) groups is 1. The molecule has 0 unspecified atom stereocenters. The molecule has 1 aliphatic rings. The van der Waals surface area contributed by atoms with Gasteiger partial charge in [0, 0.05) is 12.5 Å². The highest BCUT2D eigenvalue weighted by atomic mass is 16.3. The van der Waals surface area contributed by atoms with Crippen molar-refractivity contribution in [3.05, 3.63) is 35.8 Å². The molecule has 2 heterocycles. The molecule has 0 saturated heterocycles. The van der Waals surface area contributed by atoms with Gasteiger partial charge < -0.3 is 9.32 Å². The number of hydrogen-bond donors (Lipinski definition) is 1. The van der Waals surface area contributed by atoms with Gasteiger partial charge in [-0.2, -0.15) is 5.26 Å². The third kappa shape index (κ3) is 3.11. The summed E-state index contributed by atoms with van der Waals surface area (Å²) in [6, 6.07) is 5.60. The van der Waals surface area contributed by atoms with E-state index in [2.05, 4.69) is 15.2 Å². The molecule has 3 rings (SSSR count). The highest BCUT2D eigenvalue weighted by Crippen LogP contribution is 2.37. The van der Waals surface area contributed by atoms with Crippen LogP contribution in [0, 0.1) is 11.3 Å². The molecular formula is C14H15N5O2. The summed E-state index contributed by atoms with van der Waals surface area (Å²) in [5.74, 6) is 1.72. The molecule has 7 nitrogen and oxygen atoms in total. The van der Waals surface area contributed by atoms with E-state index in [-0.39, 0.29) is 18.2 Å². The Morgan fingerprint density at radius 3 is 3.10 bits per heavy atom. The summed E-state index contributed by atoms with van der Waals surface area (Å²) in [5, 5.41) is 15.5. The van der Waals surface area contributed by atoms with Crippen LogP contribution < -0.4 is 0 Å². The molecule has 0 radical (unpaired) electrons. The fourth-order valence-corrected chi connectivity index (χ4v) is 2.08. The maximum absolute atomic E-state index is 12.5. The lowest BCUT2D eigenvalue weighted by molar-refractivity contribution is 0.0723. The topological polar surface area (TPSA) is 98.8 Å². The number of aromatic amines is 1. The van der Waals surface area contributed by atoms with Crippen molar-refractivity contribution in [1.29, 1.82) is 5.26 Å². The standard InChI is InChI=1S/C14H15N5O2/c15-6-2-7-19(9-11-3-1-8-21-11)14(20)13-16-12(17-18-13)10-4-5-10/h1,3,8,10H,2,4-5,7,9H2,(H,16,17,18). The molecule has 1 saturated carbocycles. The van der Waals surface area contributed by atoms with Crippen LogP contribution in [0.4, 0.5) is 0 Å². The fourth-order valence-electron chi connectivity index (χ4n) is 2.08. The minimum Gasteiger partial charge on any atom is -0.467 e. The summed E-state index contributed by atoms with van der Waals surface area (Å²) in [6.07, 6.45) is 3.99. The van der Waals surface area contributed by atoms with Gasteiger partial charge in [0.1, 0.15) is 11.6 Å². The van der Waals surface area contributed by atoms with E-state index in [4.69, 9.17) is 9.68 Å². The third-order valence-corrected chi connectivity index (χ3v) is 3.37. The molecule has 1 amide bonds. The number of aromatic nitrogens is 3. The van der Waals surface area contributed by atoms with Gasteiger partial charge >= 0.3 is 0 Å². The fraction of sp³-hybridized carbons (Fsp3) is 0.429. The molecule has 0 bridgehead atoms. The summed E-state index contributed by atoms with van der Waals surface area (Å²) in [4.78, 5) is 18.3. The number of carbonyl (C=O) groups excluding carboxylic acids is 1. The van der Waals surface area contributed by atoms with Gasteiger partial charge in [-0.3, -0.25) is 9.89 Å². The summed E-state index contributed by atoms with van der Waals surface area (Å²) in [5.41, 5.74) is 0. The predicted octanol–water partition coefficient (Wildman–Crippen LogP) is 1.83. The minimum absolute atomic E-state index is 0.154. The second-order valence-corrected chi connectivity index (χ2v) is 5.03. The summed E-state index contributed by atoms with van der Waals surface area (Å²) in [6.45, 7) is 0.629. The molecule has 1 fully saturated rings. The molecular weight excluding hydrogens is 270 g/mol. The van der Waals surface area contributed by atoms with Crippen molar-refractivity contribution in [3.63, 3.8) is 0 Å². The quantitative estimate of drug-likeness (QED) is 0.872. The number of hydrogen-bond acceptors (Lipinski definition) is 5. The summed E-state index contributed by atoms with van der Waals surface area (Å²) >= 11 is 0. The highest BCUT2D eigenvalue weighted by molar-refractivity contribution is 5.90. The van der Waals surface area contributed by atoms with E-state index in [9.17, 15) is 4.79 Å². The van der Waals surface area contributed by atoms with Crippen LogP contribution in [-0.2, 0) is 6.54 Å². The Morgan fingerprint density at radius 2 is 2.43 bits per heavy atom. The number of nitrogens with one attached hydrogen (secondary N) is 1. The molecule has 7 heteroatoms. The van der Waals surface area contributed by atoms with Crippen LogP contribution in [0.3, 0.4) is 0 Å². The van der Waals surface area contributed by atoms with Crippen LogP contribution in [0.25, 0.3) is 0 Å². The van der Waals surface area contributed by atoms with Crippen LogP contribution in [0.5, 0.6) is 0 Å². The molecule has 108 valence electrons. The highest BCUT2D eigenvalue weighted by Gasteiger charge is 2.29. The Morgan fingerprint density at radius 1 is 1.57 bits per heavy atom. The van der Waals surface area contributed by atoms with Crippen LogP contribution >= 0.6 is 0 Å². The van der Waals surface area contributed by atoms with Crippen molar-refractivity contribution in [3.8, 4) is 6.07 Å². The monoisotopic (exact) mass is 285 g/mol. The van der Waals surface area contributed by atoms with E-state index >= 15 is 0 Å². The SMILES string of the molecule is N#CCCN(Cc1ccco1)C(=O)c1n[nH]c(C2CC2)n1. The molecule has 0 atom stereocenters. The Kier molecular flexibility index (Phi) is 3.69. The molecule has 0 aromatic carbocycles. The summed E-state index contributed by atoms with van der Waals surface area (Å²) in [7, 11) is 0. The zero-order chi connectivity index (χ0) is 14.7. The molecule has 1 aliphatic carbocycles. The van der Waals surface area contributed by atoms with E-state index in [1.165, 1.54) is 4.90 Å². The van der Waals surface area contributed by atoms with Crippen LogP contribution in [0.15, 0.2) is 22.8 Å².